The lowest BCUT2D eigenvalue weighted by atomic mass is 10.0. The van der Waals surface area contributed by atoms with Crippen molar-refractivity contribution in [3.05, 3.63) is 35.0 Å². The van der Waals surface area contributed by atoms with E-state index in [1.165, 1.54) is 5.56 Å². The molecule has 2 aromatic rings. The number of piperazine rings is 1. The van der Waals surface area contributed by atoms with Gasteiger partial charge in [-0.15, -0.1) is 0 Å². The van der Waals surface area contributed by atoms with E-state index < -0.39 is 0 Å². The summed E-state index contributed by atoms with van der Waals surface area (Å²) in [6.45, 7) is 10.4. The molecule has 1 unspecified atom stereocenters. The molecular formula is C20H26N4O. The van der Waals surface area contributed by atoms with E-state index in [4.69, 9.17) is 0 Å². The fraction of sp³-hybridized carbons (Fsp3) is 0.500. The zero-order valence-corrected chi connectivity index (χ0v) is 15.3. The quantitative estimate of drug-likeness (QED) is 0.928. The molecule has 0 aliphatic carbocycles. The Labute approximate surface area is 149 Å². The summed E-state index contributed by atoms with van der Waals surface area (Å²) in [6.07, 6.45) is 2.23. The van der Waals surface area contributed by atoms with Crippen molar-refractivity contribution in [3.8, 4) is 6.07 Å². The lowest BCUT2D eigenvalue weighted by Gasteiger charge is -2.37. The molecule has 0 radical (unpaired) electrons. The van der Waals surface area contributed by atoms with Crippen LogP contribution < -0.4 is 4.90 Å². The number of nitrogens with zero attached hydrogens (tertiary/aromatic N) is 4. The van der Waals surface area contributed by atoms with Crippen LogP contribution in [0.5, 0.6) is 0 Å². The molecule has 3 rings (SSSR count). The number of fused-ring (bicyclic) bond motifs is 1. The van der Waals surface area contributed by atoms with Crippen LogP contribution >= 0.6 is 0 Å². The van der Waals surface area contributed by atoms with Gasteiger partial charge in [0.15, 0.2) is 0 Å². The number of hydrogen-bond acceptors (Lipinski definition) is 5. The van der Waals surface area contributed by atoms with E-state index in [1.807, 2.05) is 6.92 Å². The average molecular weight is 338 g/mol. The number of aryl methyl sites for hydroxylation is 2. The summed E-state index contributed by atoms with van der Waals surface area (Å²) in [7, 11) is 0. The number of aliphatic hydroxyl groups excluding tert-OH is 1. The number of aliphatic hydroxyl groups is 1. The van der Waals surface area contributed by atoms with Crippen LogP contribution in [-0.4, -0.2) is 53.8 Å². The Kier molecular flexibility index (Phi) is 5.22. The first-order chi connectivity index (χ1) is 12.0. The lowest BCUT2D eigenvalue weighted by molar-refractivity contribution is 0.106. The molecular weight excluding hydrogens is 312 g/mol. The Bertz CT molecular complexity index is 803. The van der Waals surface area contributed by atoms with E-state index in [-0.39, 0.29) is 6.10 Å². The van der Waals surface area contributed by atoms with Crippen molar-refractivity contribution in [1.29, 1.82) is 5.26 Å². The molecule has 5 nitrogen and oxygen atoms in total. The Balaban J connectivity index is 1.92. The Morgan fingerprint density at radius 1 is 1.24 bits per heavy atom. The molecule has 1 saturated heterocycles. The van der Waals surface area contributed by atoms with Crippen molar-refractivity contribution in [2.45, 2.75) is 33.3 Å². The van der Waals surface area contributed by atoms with Gasteiger partial charge in [0.1, 0.15) is 6.07 Å². The smallest absolute Gasteiger partial charge is 0.103 e. The highest BCUT2D eigenvalue weighted by atomic mass is 16.3. The first kappa shape index (κ1) is 17.7. The minimum atomic E-state index is -0.256. The highest BCUT2D eigenvalue weighted by molar-refractivity contribution is 5.96. The number of pyridine rings is 1. The van der Waals surface area contributed by atoms with Gasteiger partial charge < -0.3 is 10.0 Å². The number of aromatic nitrogens is 1. The van der Waals surface area contributed by atoms with Gasteiger partial charge in [0.25, 0.3) is 0 Å². The van der Waals surface area contributed by atoms with Crippen LogP contribution in [0.25, 0.3) is 10.9 Å². The van der Waals surface area contributed by atoms with Gasteiger partial charge in [0.05, 0.1) is 22.9 Å². The molecule has 0 spiro atoms. The van der Waals surface area contributed by atoms with Gasteiger partial charge in [-0.05, 0) is 31.9 Å². The van der Waals surface area contributed by atoms with Crippen LogP contribution in [0, 0.1) is 25.2 Å². The molecule has 132 valence electrons. The van der Waals surface area contributed by atoms with Gasteiger partial charge in [0.2, 0.25) is 0 Å². The number of anilines is 1. The maximum absolute atomic E-state index is 9.87. The predicted octanol–water partition coefficient (Wildman–Crippen LogP) is 2.62. The van der Waals surface area contributed by atoms with E-state index in [1.54, 1.807) is 6.20 Å². The number of hydrogen-bond donors (Lipinski definition) is 1. The third-order valence-electron chi connectivity index (χ3n) is 5.03. The van der Waals surface area contributed by atoms with Crippen LogP contribution in [-0.2, 0) is 0 Å². The van der Waals surface area contributed by atoms with Gasteiger partial charge >= 0.3 is 0 Å². The van der Waals surface area contributed by atoms with Crippen LogP contribution in [0.3, 0.4) is 0 Å². The second-order valence-corrected chi connectivity index (χ2v) is 6.96. The molecule has 1 aliphatic heterocycles. The molecule has 5 heteroatoms. The molecule has 0 saturated carbocycles. The van der Waals surface area contributed by atoms with E-state index in [0.29, 0.717) is 5.56 Å². The summed E-state index contributed by atoms with van der Waals surface area (Å²) in [5.74, 6) is 0. The predicted molar refractivity (Wildman–Crippen MR) is 101 cm³/mol. The monoisotopic (exact) mass is 338 g/mol. The Morgan fingerprint density at radius 2 is 1.96 bits per heavy atom. The van der Waals surface area contributed by atoms with Crippen molar-refractivity contribution in [3.63, 3.8) is 0 Å². The number of benzene rings is 1. The second kappa shape index (κ2) is 7.38. The molecule has 1 aromatic heterocycles. The topological polar surface area (TPSA) is 63.4 Å². The van der Waals surface area contributed by atoms with Gasteiger partial charge in [-0.3, -0.25) is 9.88 Å². The SMILES string of the molecule is CCC(O)CN1CCN(c2c(C#N)cnc3c(C)cc(C)cc23)CC1. The third-order valence-corrected chi connectivity index (χ3v) is 5.03. The van der Waals surface area contributed by atoms with E-state index in [9.17, 15) is 10.4 Å². The summed E-state index contributed by atoms with van der Waals surface area (Å²) in [4.78, 5) is 9.12. The van der Waals surface area contributed by atoms with Crippen molar-refractivity contribution < 1.29 is 5.11 Å². The zero-order chi connectivity index (χ0) is 18.0. The molecule has 1 aromatic carbocycles. The van der Waals surface area contributed by atoms with E-state index in [2.05, 4.69) is 46.8 Å². The summed E-state index contributed by atoms with van der Waals surface area (Å²) in [6, 6.07) is 6.59. The molecule has 1 atom stereocenters. The third kappa shape index (κ3) is 3.60. The van der Waals surface area contributed by atoms with Crippen molar-refractivity contribution in [2.75, 3.05) is 37.6 Å². The fourth-order valence-corrected chi connectivity index (χ4v) is 3.65. The minimum absolute atomic E-state index is 0.256. The normalized spacial score (nSPS) is 16.8. The fourth-order valence-electron chi connectivity index (χ4n) is 3.65. The average Bonchev–Trinajstić information content (AvgIpc) is 2.61. The van der Waals surface area contributed by atoms with Crippen LogP contribution in [0.1, 0.15) is 30.0 Å². The van der Waals surface area contributed by atoms with Crippen molar-refractivity contribution in [2.24, 2.45) is 0 Å². The van der Waals surface area contributed by atoms with Crippen molar-refractivity contribution >= 4 is 16.6 Å². The van der Waals surface area contributed by atoms with Gasteiger partial charge in [-0.2, -0.15) is 5.26 Å². The number of rotatable bonds is 4. The number of nitriles is 1. The molecule has 1 fully saturated rings. The van der Waals surface area contributed by atoms with Gasteiger partial charge in [-0.1, -0.05) is 18.6 Å². The summed E-state index contributed by atoms with van der Waals surface area (Å²) in [5.41, 5.74) is 4.95. The van der Waals surface area contributed by atoms with Crippen LogP contribution in [0.4, 0.5) is 5.69 Å². The second-order valence-electron chi connectivity index (χ2n) is 6.96. The molecule has 2 heterocycles. The first-order valence-corrected chi connectivity index (χ1v) is 8.99. The maximum Gasteiger partial charge on any atom is 0.103 e. The molecule has 0 amide bonds. The minimum Gasteiger partial charge on any atom is -0.392 e. The Morgan fingerprint density at radius 3 is 2.60 bits per heavy atom. The van der Waals surface area contributed by atoms with E-state index in [0.717, 1.165) is 61.3 Å². The molecule has 1 N–H and O–H groups in total. The Hall–Kier alpha value is -2.16. The zero-order valence-electron chi connectivity index (χ0n) is 15.3. The largest absolute Gasteiger partial charge is 0.392 e. The molecule has 25 heavy (non-hydrogen) atoms. The van der Waals surface area contributed by atoms with Crippen molar-refractivity contribution in [1.82, 2.24) is 9.88 Å². The van der Waals surface area contributed by atoms with Gasteiger partial charge in [0, 0.05) is 44.3 Å². The van der Waals surface area contributed by atoms with Crippen LogP contribution in [0.15, 0.2) is 18.3 Å². The first-order valence-electron chi connectivity index (χ1n) is 8.99. The highest BCUT2D eigenvalue weighted by Crippen LogP contribution is 2.32. The summed E-state index contributed by atoms with van der Waals surface area (Å²) in [5, 5.41) is 20.5. The molecule has 0 bridgehead atoms. The van der Waals surface area contributed by atoms with Crippen LogP contribution in [0.2, 0.25) is 0 Å². The van der Waals surface area contributed by atoms with Gasteiger partial charge in [-0.25, -0.2) is 0 Å². The maximum atomic E-state index is 9.87. The number of β-amino-alcohol motifs (C(OH)–C–C–N with tert-alkyl or cyclic N) is 1. The summed E-state index contributed by atoms with van der Waals surface area (Å²) >= 11 is 0. The molecule has 1 aliphatic rings. The summed E-state index contributed by atoms with van der Waals surface area (Å²) < 4.78 is 0. The standard InChI is InChI=1S/C20H26N4O/c1-4-17(25)13-23-5-7-24(8-6-23)20-16(11-21)12-22-19-15(3)9-14(2)10-18(19)20/h9-10,12,17,25H,4-8,13H2,1-3H3. The van der Waals surface area contributed by atoms with E-state index >= 15 is 0 Å². The highest BCUT2D eigenvalue weighted by Gasteiger charge is 2.23. The lowest BCUT2D eigenvalue weighted by Crippen LogP contribution is -2.48.